The van der Waals surface area contributed by atoms with Crippen LogP contribution >= 0.6 is 7.60 Å². The van der Waals surface area contributed by atoms with Gasteiger partial charge in [-0.2, -0.15) is 0 Å². The Balaban J connectivity index is 2.06. The lowest BCUT2D eigenvalue weighted by Crippen LogP contribution is -2.33. The van der Waals surface area contributed by atoms with Gasteiger partial charge in [0.25, 0.3) is 0 Å². The largest absolute Gasteiger partial charge is 0.391 e. The predicted octanol–water partition coefficient (Wildman–Crippen LogP) is 3.54. The van der Waals surface area contributed by atoms with Crippen molar-refractivity contribution in [2.45, 2.75) is 19.2 Å². The van der Waals surface area contributed by atoms with Crippen molar-refractivity contribution in [1.82, 2.24) is 4.90 Å². The average molecular weight is 363 g/mol. The van der Waals surface area contributed by atoms with Crippen LogP contribution in [0.4, 0.5) is 0 Å². The molecule has 5 nitrogen and oxygen atoms in total. The smallest absolute Gasteiger partial charge is 0.332 e. The number of nitrogens with zero attached hydrogens (tertiary/aromatic N) is 1. The number of aliphatic hydroxyl groups is 1. The Morgan fingerprint density at radius 1 is 0.920 bits per heavy atom. The minimum atomic E-state index is -3.24. The highest BCUT2D eigenvalue weighted by atomic mass is 31.2. The molecule has 0 radical (unpaired) electrons. The third-order valence-corrected chi connectivity index (χ3v) is 5.94. The summed E-state index contributed by atoms with van der Waals surface area (Å²) in [5.74, 6) is 0. The van der Waals surface area contributed by atoms with Gasteiger partial charge in [0.05, 0.1) is 12.3 Å². The molecular weight excluding hydrogens is 337 g/mol. The molecule has 2 rings (SSSR count). The van der Waals surface area contributed by atoms with Gasteiger partial charge < -0.3 is 14.2 Å². The maximum atomic E-state index is 12.2. The van der Waals surface area contributed by atoms with E-state index in [2.05, 4.69) is 29.2 Å². The van der Waals surface area contributed by atoms with E-state index in [0.717, 1.165) is 11.1 Å². The monoisotopic (exact) mass is 363 g/mol. The van der Waals surface area contributed by atoms with E-state index in [4.69, 9.17) is 9.05 Å². The molecule has 1 atom stereocenters. The van der Waals surface area contributed by atoms with Gasteiger partial charge in [0.15, 0.2) is 0 Å². The fraction of sp³-hybridized carbons (Fsp3) is 0.368. The van der Waals surface area contributed by atoms with Crippen LogP contribution in [0.25, 0.3) is 0 Å². The summed E-state index contributed by atoms with van der Waals surface area (Å²) in [6.45, 7) is 1.76. The van der Waals surface area contributed by atoms with E-state index in [9.17, 15) is 9.67 Å². The molecule has 1 N–H and O–H groups in total. The van der Waals surface area contributed by atoms with Gasteiger partial charge in [0.1, 0.15) is 0 Å². The number of benzene rings is 2. The molecule has 0 saturated carbocycles. The first-order valence-corrected chi connectivity index (χ1v) is 9.96. The van der Waals surface area contributed by atoms with Crippen LogP contribution in [0.5, 0.6) is 0 Å². The lowest BCUT2D eigenvalue weighted by molar-refractivity contribution is 0.113. The molecular formula is C19H26NO4P. The molecule has 0 bridgehead atoms. The van der Waals surface area contributed by atoms with Crippen molar-refractivity contribution in [3.63, 3.8) is 0 Å². The summed E-state index contributed by atoms with van der Waals surface area (Å²) in [4.78, 5) is 2.13. The molecule has 0 aliphatic rings. The standard InChI is InChI=1S/C19H26NO4P/c1-23-25(22,24-2)16-19(21)15-20(13-17-9-5-3-6-10-17)14-18-11-7-4-8-12-18/h3-12,19,21H,13-16H2,1-2H3/t19-/m1/s1. The van der Waals surface area contributed by atoms with Crippen LogP contribution in [0.3, 0.4) is 0 Å². The Morgan fingerprint density at radius 3 is 1.76 bits per heavy atom. The minimum Gasteiger partial charge on any atom is -0.391 e. The molecule has 2 aromatic carbocycles. The van der Waals surface area contributed by atoms with Gasteiger partial charge in [-0.3, -0.25) is 9.46 Å². The van der Waals surface area contributed by atoms with E-state index < -0.39 is 13.7 Å². The lowest BCUT2D eigenvalue weighted by atomic mass is 10.1. The Kier molecular flexibility index (Phi) is 7.82. The van der Waals surface area contributed by atoms with Crippen LogP contribution in [-0.4, -0.2) is 43.0 Å². The topological polar surface area (TPSA) is 59.0 Å². The second kappa shape index (κ2) is 9.85. The van der Waals surface area contributed by atoms with Crippen molar-refractivity contribution in [2.75, 3.05) is 26.9 Å². The molecule has 6 heteroatoms. The molecule has 0 spiro atoms. The van der Waals surface area contributed by atoms with Gasteiger partial charge in [0.2, 0.25) is 0 Å². The van der Waals surface area contributed by atoms with Gasteiger partial charge in [-0.25, -0.2) is 0 Å². The van der Waals surface area contributed by atoms with Crippen LogP contribution < -0.4 is 0 Å². The Hall–Kier alpha value is -1.49. The van der Waals surface area contributed by atoms with Crippen LogP contribution in [0.15, 0.2) is 60.7 Å². The van der Waals surface area contributed by atoms with Gasteiger partial charge in [0, 0.05) is 33.9 Å². The zero-order valence-electron chi connectivity index (χ0n) is 14.7. The maximum absolute atomic E-state index is 12.2. The summed E-state index contributed by atoms with van der Waals surface area (Å²) in [6.07, 6.45) is -0.835. The second-order valence-electron chi connectivity index (χ2n) is 5.95. The SMILES string of the molecule is COP(=O)(C[C@H](O)CN(Cc1ccccc1)Cc1ccccc1)OC. The Bertz CT molecular complexity index is 616. The van der Waals surface area contributed by atoms with Crippen LogP contribution in [-0.2, 0) is 26.7 Å². The van der Waals surface area contributed by atoms with E-state index >= 15 is 0 Å². The summed E-state index contributed by atoms with van der Waals surface area (Å²) in [7, 11) is -0.563. The molecule has 0 saturated heterocycles. The van der Waals surface area contributed by atoms with Crippen molar-refractivity contribution >= 4 is 7.60 Å². The van der Waals surface area contributed by atoms with Crippen molar-refractivity contribution < 1.29 is 18.7 Å². The molecule has 0 aliphatic carbocycles. The Labute approximate surface area is 149 Å². The summed E-state index contributed by atoms with van der Waals surface area (Å²) in [5.41, 5.74) is 2.32. The first-order valence-electron chi connectivity index (χ1n) is 8.23. The first-order chi connectivity index (χ1) is 12.0. The normalized spacial score (nSPS) is 13.1. The molecule has 0 aromatic heterocycles. The molecule has 25 heavy (non-hydrogen) atoms. The number of aliphatic hydroxyl groups excluding tert-OH is 1. The molecule has 0 amide bonds. The van der Waals surface area contributed by atoms with E-state index in [1.165, 1.54) is 14.2 Å². The molecule has 136 valence electrons. The number of hydrogen-bond donors (Lipinski definition) is 1. The summed E-state index contributed by atoms with van der Waals surface area (Å²) in [5, 5.41) is 10.4. The van der Waals surface area contributed by atoms with Gasteiger partial charge >= 0.3 is 7.60 Å². The fourth-order valence-electron chi connectivity index (χ4n) is 2.71. The highest BCUT2D eigenvalue weighted by Crippen LogP contribution is 2.46. The molecule has 0 heterocycles. The maximum Gasteiger partial charge on any atom is 0.332 e. The molecule has 0 fully saturated rings. The lowest BCUT2D eigenvalue weighted by Gasteiger charge is -2.26. The first kappa shape index (κ1) is 19.8. The number of rotatable bonds is 10. The highest BCUT2D eigenvalue weighted by molar-refractivity contribution is 7.53. The third kappa shape index (κ3) is 6.73. The zero-order chi connectivity index (χ0) is 18.1. The third-order valence-electron chi connectivity index (χ3n) is 3.96. The molecule has 0 unspecified atom stereocenters. The van der Waals surface area contributed by atoms with Crippen molar-refractivity contribution in [3.05, 3.63) is 71.8 Å². The van der Waals surface area contributed by atoms with Crippen LogP contribution in [0.1, 0.15) is 11.1 Å². The van der Waals surface area contributed by atoms with Crippen molar-refractivity contribution in [2.24, 2.45) is 0 Å². The minimum absolute atomic E-state index is 0.0277. The van der Waals surface area contributed by atoms with Crippen LogP contribution in [0, 0.1) is 0 Å². The van der Waals surface area contributed by atoms with E-state index in [0.29, 0.717) is 19.6 Å². The zero-order valence-corrected chi connectivity index (χ0v) is 15.6. The van der Waals surface area contributed by atoms with Gasteiger partial charge in [-0.05, 0) is 11.1 Å². The highest BCUT2D eigenvalue weighted by Gasteiger charge is 2.27. The molecule has 0 aliphatic heterocycles. The quantitative estimate of drug-likeness (QED) is 0.655. The van der Waals surface area contributed by atoms with Crippen LogP contribution in [0.2, 0.25) is 0 Å². The van der Waals surface area contributed by atoms with Gasteiger partial charge in [-0.1, -0.05) is 60.7 Å². The summed E-state index contributed by atoms with van der Waals surface area (Å²) < 4.78 is 22.1. The van der Waals surface area contributed by atoms with Crippen molar-refractivity contribution in [1.29, 1.82) is 0 Å². The van der Waals surface area contributed by atoms with Gasteiger partial charge in [-0.15, -0.1) is 0 Å². The second-order valence-corrected chi connectivity index (χ2v) is 8.27. The van der Waals surface area contributed by atoms with E-state index in [1.54, 1.807) is 0 Å². The predicted molar refractivity (Wildman–Crippen MR) is 99.5 cm³/mol. The fourth-order valence-corrected chi connectivity index (χ4v) is 3.78. The summed E-state index contributed by atoms with van der Waals surface area (Å²) >= 11 is 0. The summed E-state index contributed by atoms with van der Waals surface area (Å²) in [6, 6.07) is 20.2. The van der Waals surface area contributed by atoms with Crippen molar-refractivity contribution in [3.8, 4) is 0 Å². The average Bonchev–Trinajstić information content (AvgIpc) is 2.63. The molecule has 2 aromatic rings. The van der Waals surface area contributed by atoms with E-state index in [1.807, 2.05) is 36.4 Å². The Morgan fingerprint density at radius 2 is 1.36 bits per heavy atom. The number of hydrogen-bond acceptors (Lipinski definition) is 5. The van der Waals surface area contributed by atoms with E-state index in [-0.39, 0.29) is 6.16 Å².